The molecule has 2 bridgehead atoms. The molecule has 4 heteroatoms. The summed E-state index contributed by atoms with van der Waals surface area (Å²) in [7, 11) is 1.82. The summed E-state index contributed by atoms with van der Waals surface area (Å²) in [6, 6.07) is 0.400. The van der Waals surface area contributed by atoms with Gasteiger partial charge in [0, 0.05) is 19.0 Å². The summed E-state index contributed by atoms with van der Waals surface area (Å²) in [6.07, 6.45) is 12.2. The van der Waals surface area contributed by atoms with E-state index in [1.165, 1.54) is 37.9 Å². The second-order valence-corrected chi connectivity index (χ2v) is 8.19. The lowest BCUT2D eigenvalue weighted by atomic mass is 9.46. The number of rotatable bonds is 2. The van der Waals surface area contributed by atoms with Crippen LogP contribution < -0.4 is 0 Å². The van der Waals surface area contributed by atoms with Crippen molar-refractivity contribution in [2.24, 2.45) is 23.2 Å². The Bertz CT molecular complexity index is 531. The Hall–Kier alpha value is -1.19. The number of ether oxygens (including phenoxy) is 2. The molecule has 2 unspecified atom stereocenters. The van der Waals surface area contributed by atoms with Gasteiger partial charge in [-0.1, -0.05) is 12.8 Å². The van der Waals surface area contributed by atoms with Crippen LogP contribution in [0.2, 0.25) is 0 Å². The van der Waals surface area contributed by atoms with Crippen LogP contribution in [0.4, 0.5) is 4.79 Å². The van der Waals surface area contributed by atoms with E-state index >= 15 is 0 Å². The van der Waals surface area contributed by atoms with E-state index in [-0.39, 0.29) is 6.09 Å². The zero-order chi connectivity index (χ0) is 16.7. The lowest BCUT2D eigenvalue weighted by Gasteiger charge is -2.63. The van der Waals surface area contributed by atoms with Gasteiger partial charge in [-0.25, -0.2) is 4.79 Å². The largest absolute Gasteiger partial charge is 0.501 e. The third-order valence-electron chi connectivity index (χ3n) is 7.44. The molecule has 0 radical (unpaired) electrons. The van der Waals surface area contributed by atoms with Gasteiger partial charge in [-0.15, -0.1) is 0 Å². The van der Waals surface area contributed by atoms with Gasteiger partial charge in [0.2, 0.25) is 0 Å². The van der Waals surface area contributed by atoms with Crippen LogP contribution in [0, 0.1) is 23.2 Å². The van der Waals surface area contributed by atoms with Crippen molar-refractivity contribution in [1.29, 1.82) is 0 Å². The second kappa shape index (κ2) is 6.27. The van der Waals surface area contributed by atoms with Crippen LogP contribution >= 0.6 is 0 Å². The molecule has 1 heterocycles. The Morgan fingerprint density at radius 3 is 3.00 bits per heavy atom. The Morgan fingerprint density at radius 1 is 1.33 bits per heavy atom. The lowest BCUT2D eigenvalue weighted by Crippen LogP contribution is -2.64. The van der Waals surface area contributed by atoms with Gasteiger partial charge in [0.15, 0.2) is 0 Å². The van der Waals surface area contributed by atoms with E-state index in [9.17, 15) is 4.79 Å². The molecule has 0 aromatic rings. The molecule has 3 aliphatic carbocycles. The predicted molar refractivity (Wildman–Crippen MR) is 92.4 cm³/mol. The third kappa shape index (κ3) is 2.36. The fourth-order valence-corrected chi connectivity index (χ4v) is 6.50. The number of fused-ring (bicyclic) bond motifs is 1. The molecule has 4 rings (SSSR count). The van der Waals surface area contributed by atoms with E-state index in [4.69, 9.17) is 9.47 Å². The van der Waals surface area contributed by atoms with Crippen molar-refractivity contribution in [2.45, 2.75) is 64.3 Å². The maximum absolute atomic E-state index is 12.5. The normalized spacial score (nSPS) is 40.9. The van der Waals surface area contributed by atoms with Crippen LogP contribution in [0.25, 0.3) is 0 Å². The van der Waals surface area contributed by atoms with Crippen molar-refractivity contribution in [2.75, 3.05) is 20.3 Å². The SMILES string of the molecule is CCOC(=O)N1CC[C@@]23CCCC[C@@H]2[C@@H]1CC1CCC(OC)=CC13. The summed E-state index contributed by atoms with van der Waals surface area (Å²) in [5.74, 6) is 3.21. The van der Waals surface area contributed by atoms with Crippen LogP contribution in [0.1, 0.15) is 58.3 Å². The summed E-state index contributed by atoms with van der Waals surface area (Å²) in [4.78, 5) is 14.6. The number of methoxy groups -OCH3 is 1. The first kappa shape index (κ1) is 16.3. The van der Waals surface area contributed by atoms with Crippen LogP contribution in [-0.4, -0.2) is 37.3 Å². The molecule has 0 aromatic heterocycles. The first-order valence-electron chi connectivity index (χ1n) is 9.87. The van der Waals surface area contributed by atoms with Gasteiger partial charge in [0.1, 0.15) is 0 Å². The fraction of sp³-hybridized carbons (Fsp3) is 0.850. The third-order valence-corrected chi connectivity index (χ3v) is 7.44. The molecule has 0 spiro atoms. The fourth-order valence-electron chi connectivity index (χ4n) is 6.50. The van der Waals surface area contributed by atoms with Crippen LogP contribution in [0.3, 0.4) is 0 Å². The Kier molecular flexibility index (Phi) is 4.26. The second-order valence-electron chi connectivity index (χ2n) is 8.19. The average molecular weight is 333 g/mol. The molecular weight excluding hydrogens is 302 g/mol. The molecule has 3 fully saturated rings. The summed E-state index contributed by atoms with van der Waals surface area (Å²) in [5.41, 5.74) is 0.402. The molecule has 0 aromatic carbocycles. The highest BCUT2D eigenvalue weighted by molar-refractivity contribution is 5.68. The highest BCUT2D eigenvalue weighted by atomic mass is 16.6. The molecule has 2 saturated carbocycles. The van der Waals surface area contributed by atoms with Crippen molar-refractivity contribution < 1.29 is 14.3 Å². The number of piperidine rings is 1. The van der Waals surface area contributed by atoms with E-state index in [0.29, 0.717) is 35.8 Å². The highest BCUT2D eigenvalue weighted by Crippen LogP contribution is 2.62. The summed E-state index contributed by atoms with van der Waals surface area (Å²) >= 11 is 0. The summed E-state index contributed by atoms with van der Waals surface area (Å²) < 4.78 is 11.0. The van der Waals surface area contributed by atoms with Gasteiger partial charge in [0.05, 0.1) is 19.5 Å². The minimum atomic E-state index is -0.0796. The minimum Gasteiger partial charge on any atom is -0.501 e. The number of nitrogens with zero attached hydrogens (tertiary/aromatic N) is 1. The van der Waals surface area contributed by atoms with Crippen LogP contribution in [0.5, 0.6) is 0 Å². The Labute approximate surface area is 145 Å². The van der Waals surface area contributed by atoms with Gasteiger partial charge in [0.25, 0.3) is 0 Å². The van der Waals surface area contributed by atoms with Gasteiger partial charge in [-0.05, 0) is 68.3 Å². The molecule has 1 aliphatic heterocycles. The van der Waals surface area contributed by atoms with Crippen molar-refractivity contribution in [3.8, 4) is 0 Å². The summed E-state index contributed by atoms with van der Waals surface area (Å²) in [6.45, 7) is 3.26. The standard InChI is InChI=1S/C20H31NO3/c1-3-24-19(22)21-11-10-20-9-5-4-6-16(20)18(21)12-14-7-8-15(23-2)13-17(14)20/h13-14,16-18H,3-12H2,1-2H3/t14?,16-,17?,18+,20+/m1/s1. The summed E-state index contributed by atoms with van der Waals surface area (Å²) in [5, 5.41) is 0. The number of hydrogen-bond acceptors (Lipinski definition) is 3. The van der Waals surface area contributed by atoms with E-state index in [1.807, 2.05) is 14.0 Å². The first-order valence-corrected chi connectivity index (χ1v) is 9.87. The van der Waals surface area contributed by atoms with Gasteiger partial charge in [-0.3, -0.25) is 0 Å². The number of amides is 1. The molecule has 24 heavy (non-hydrogen) atoms. The van der Waals surface area contributed by atoms with E-state index in [2.05, 4.69) is 11.0 Å². The molecule has 0 N–H and O–H groups in total. The molecule has 5 atom stereocenters. The Balaban J connectivity index is 1.68. The van der Waals surface area contributed by atoms with Gasteiger partial charge in [-0.2, -0.15) is 0 Å². The molecule has 4 aliphatic rings. The van der Waals surface area contributed by atoms with Crippen LogP contribution in [-0.2, 0) is 9.47 Å². The average Bonchev–Trinajstić information content (AvgIpc) is 2.61. The molecule has 1 amide bonds. The number of likely N-dealkylation sites (tertiary alicyclic amines) is 1. The zero-order valence-corrected chi connectivity index (χ0v) is 15.1. The number of carbonyl (C=O) groups excluding carboxylic acids is 1. The minimum absolute atomic E-state index is 0.0796. The maximum atomic E-state index is 12.5. The first-order chi connectivity index (χ1) is 11.7. The van der Waals surface area contributed by atoms with Crippen molar-refractivity contribution >= 4 is 6.09 Å². The molecular formula is C20H31NO3. The molecule has 4 nitrogen and oxygen atoms in total. The van der Waals surface area contributed by atoms with Gasteiger partial charge >= 0.3 is 6.09 Å². The zero-order valence-electron chi connectivity index (χ0n) is 15.1. The molecule has 1 saturated heterocycles. The van der Waals surface area contributed by atoms with Gasteiger partial charge < -0.3 is 14.4 Å². The van der Waals surface area contributed by atoms with E-state index in [1.54, 1.807) is 0 Å². The lowest BCUT2D eigenvalue weighted by molar-refractivity contribution is -0.125. The van der Waals surface area contributed by atoms with Crippen molar-refractivity contribution in [3.63, 3.8) is 0 Å². The molecule has 134 valence electrons. The van der Waals surface area contributed by atoms with E-state index < -0.39 is 0 Å². The van der Waals surface area contributed by atoms with Crippen molar-refractivity contribution in [3.05, 3.63) is 11.8 Å². The van der Waals surface area contributed by atoms with E-state index in [0.717, 1.165) is 25.8 Å². The smallest absolute Gasteiger partial charge is 0.410 e. The number of hydrogen-bond donors (Lipinski definition) is 0. The number of allylic oxidation sites excluding steroid dienone is 2. The monoisotopic (exact) mass is 333 g/mol. The number of carbonyl (C=O) groups is 1. The quantitative estimate of drug-likeness (QED) is 0.754. The topological polar surface area (TPSA) is 38.8 Å². The predicted octanol–water partition coefficient (Wildman–Crippen LogP) is 4.35. The highest BCUT2D eigenvalue weighted by Gasteiger charge is 2.59. The van der Waals surface area contributed by atoms with Crippen LogP contribution in [0.15, 0.2) is 11.8 Å². The maximum Gasteiger partial charge on any atom is 0.410 e. The van der Waals surface area contributed by atoms with Crippen molar-refractivity contribution in [1.82, 2.24) is 4.90 Å². The Morgan fingerprint density at radius 2 is 2.21 bits per heavy atom.